The maximum absolute atomic E-state index is 6.23. The van der Waals surface area contributed by atoms with Gasteiger partial charge in [-0.2, -0.15) is 0 Å². The second-order valence-corrected chi connectivity index (χ2v) is 6.13. The van der Waals surface area contributed by atoms with Crippen LogP contribution >= 0.6 is 34.5 Å². The zero-order valence-corrected chi connectivity index (χ0v) is 12.9. The van der Waals surface area contributed by atoms with Crippen LogP contribution in [0.25, 0.3) is 10.2 Å². The Kier molecular flexibility index (Phi) is 3.78. The molecule has 3 nitrogen and oxygen atoms in total. The fraction of sp³-hybridized carbons (Fsp3) is 0.143. The Labute approximate surface area is 130 Å². The lowest BCUT2D eigenvalue weighted by molar-refractivity contribution is 0.876. The van der Waals surface area contributed by atoms with E-state index in [0.717, 1.165) is 21.6 Å². The largest absolute Gasteiger partial charge is 0.363 e. The summed E-state index contributed by atoms with van der Waals surface area (Å²) < 4.78 is 0. The topological polar surface area (TPSA) is 37.8 Å². The summed E-state index contributed by atoms with van der Waals surface area (Å²) in [5.41, 5.74) is 0.984. The zero-order chi connectivity index (χ0) is 14.1. The molecular weight excluding hydrogens is 313 g/mol. The molecule has 102 valence electrons. The van der Waals surface area contributed by atoms with E-state index in [0.29, 0.717) is 10.0 Å². The molecule has 0 bridgehead atoms. The summed E-state index contributed by atoms with van der Waals surface area (Å²) in [5.74, 6) is 0.815. The minimum absolute atomic E-state index is 0.0257. The van der Waals surface area contributed by atoms with Crippen LogP contribution in [0.15, 0.2) is 36.0 Å². The number of benzene rings is 1. The van der Waals surface area contributed by atoms with Gasteiger partial charge in [0.05, 0.1) is 11.4 Å². The highest BCUT2D eigenvalue weighted by Crippen LogP contribution is 2.30. The van der Waals surface area contributed by atoms with Crippen LogP contribution in [0.5, 0.6) is 0 Å². The van der Waals surface area contributed by atoms with Crippen LogP contribution in [0, 0.1) is 0 Å². The van der Waals surface area contributed by atoms with Gasteiger partial charge in [-0.1, -0.05) is 29.3 Å². The minimum atomic E-state index is 0.0257. The first kappa shape index (κ1) is 13.6. The first-order valence-corrected chi connectivity index (χ1v) is 7.68. The quantitative estimate of drug-likeness (QED) is 0.722. The molecule has 2 aromatic heterocycles. The number of fused-ring (bicyclic) bond motifs is 1. The van der Waals surface area contributed by atoms with Gasteiger partial charge in [0.15, 0.2) is 0 Å². The van der Waals surface area contributed by atoms with Gasteiger partial charge in [-0.05, 0) is 36.1 Å². The van der Waals surface area contributed by atoms with E-state index in [-0.39, 0.29) is 6.04 Å². The van der Waals surface area contributed by atoms with E-state index in [9.17, 15) is 0 Å². The van der Waals surface area contributed by atoms with Gasteiger partial charge >= 0.3 is 0 Å². The van der Waals surface area contributed by atoms with Crippen molar-refractivity contribution < 1.29 is 0 Å². The summed E-state index contributed by atoms with van der Waals surface area (Å²) >= 11 is 13.7. The molecule has 20 heavy (non-hydrogen) atoms. The number of hydrogen-bond acceptors (Lipinski definition) is 4. The molecule has 1 atom stereocenters. The second kappa shape index (κ2) is 5.56. The van der Waals surface area contributed by atoms with Gasteiger partial charge in [0.2, 0.25) is 0 Å². The number of rotatable bonds is 3. The van der Waals surface area contributed by atoms with E-state index in [2.05, 4.69) is 15.3 Å². The van der Waals surface area contributed by atoms with Gasteiger partial charge in [-0.3, -0.25) is 0 Å². The Morgan fingerprint density at radius 3 is 2.85 bits per heavy atom. The molecule has 6 heteroatoms. The van der Waals surface area contributed by atoms with Crippen LogP contribution in [0.4, 0.5) is 5.82 Å². The molecule has 3 aromatic rings. The van der Waals surface area contributed by atoms with E-state index >= 15 is 0 Å². The van der Waals surface area contributed by atoms with Crippen LogP contribution in [0.3, 0.4) is 0 Å². The van der Waals surface area contributed by atoms with E-state index in [1.165, 1.54) is 0 Å². The third-order valence-corrected chi connectivity index (χ3v) is 4.43. The van der Waals surface area contributed by atoms with Gasteiger partial charge in [0, 0.05) is 10.0 Å². The van der Waals surface area contributed by atoms with E-state index in [1.54, 1.807) is 23.7 Å². The maximum Gasteiger partial charge on any atom is 0.138 e. The number of halogens is 2. The number of nitrogens with one attached hydrogen (secondary N) is 1. The minimum Gasteiger partial charge on any atom is -0.363 e. The van der Waals surface area contributed by atoms with Crippen molar-refractivity contribution in [3.8, 4) is 0 Å². The predicted molar refractivity (Wildman–Crippen MR) is 85.9 cm³/mol. The molecule has 1 aromatic carbocycles. The SMILES string of the molecule is CC(Nc1ncnc2sccc12)c1ccc(Cl)cc1Cl. The highest BCUT2D eigenvalue weighted by molar-refractivity contribution is 7.16. The smallest absolute Gasteiger partial charge is 0.138 e. The standard InChI is InChI=1S/C14H11Cl2N3S/c1-8(10-3-2-9(15)6-12(10)16)19-13-11-4-5-20-14(11)18-7-17-13/h2-8H,1H3,(H,17,18,19). The lowest BCUT2D eigenvalue weighted by Crippen LogP contribution is -2.08. The number of aromatic nitrogens is 2. The van der Waals surface area contributed by atoms with Crippen LogP contribution < -0.4 is 5.32 Å². The Morgan fingerprint density at radius 2 is 2.05 bits per heavy atom. The summed E-state index contributed by atoms with van der Waals surface area (Å²) in [6, 6.07) is 7.54. The Bertz CT molecular complexity index is 757. The van der Waals surface area contributed by atoms with Crippen molar-refractivity contribution in [1.82, 2.24) is 9.97 Å². The van der Waals surface area contributed by atoms with E-state index < -0.39 is 0 Å². The van der Waals surface area contributed by atoms with Gasteiger partial charge in [-0.25, -0.2) is 9.97 Å². The van der Waals surface area contributed by atoms with Crippen LogP contribution in [-0.4, -0.2) is 9.97 Å². The maximum atomic E-state index is 6.23. The van der Waals surface area contributed by atoms with Crippen LogP contribution in [0.2, 0.25) is 10.0 Å². The Hall–Kier alpha value is -1.36. The molecule has 1 N–H and O–H groups in total. The van der Waals surface area contributed by atoms with E-state index in [1.807, 2.05) is 30.5 Å². The lowest BCUT2D eigenvalue weighted by atomic mass is 10.1. The van der Waals surface area contributed by atoms with Gasteiger partial charge < -0.3 is 5.32 Å². The molecule has 0 aliphatic rings. The molecule has 0 aliphatic carbocycles. The third-order valence-electron chi connectivity index (χ3n) is 3.04. The molecule has 0 saturated carbocycles. The molecule has 0 saturated heterocycles. The molecule has 0 amide bonds. The summed E-state index contributed by atoms with van der Waals surface area (Å²) in [6.07, 6.45) is 1.57. The number of thiophene rings is 1. The van der Waals surface area contributed by atoms with Gasteiger partial charge in [0.25, 0.3) is 0 Å². The monoisotopic (exact) mass is 323 g/mol. The molecule has 1 unspecified atom stereocenters. The first-order valence-electron chi connectivity index (χ1n) is 6.05. The normalized spacial score (nSPS) is 12.6. The zero-order valence-electron chi connectivity index (χ0n) is 10.6. The van der Waals surface area contributed by atoms with Crippen LogP contribution in [-0.2, 0) is 0 Å². The summed E-state index contributed by atoms with van der Waals surface area (Å²) in [6.45, 7) is 2.04. The van der Waals surface area contributed by atoms with Crippen molar-refractivity contribution in [1.29, 1.82) is 0 Å². The number of anilines is 1. The predicted octanol–water partition coefficient (Wildman–Crippen LogP) is 5.17. The summed E-state index contributed by atoms with van der Waals surface area (Å²) in [7, 11) is 0. The third kappa shape index (κ3) is 2.59. The molecule has 0 fully saturated rings. The molecule has 0 radical (unpaired) electrons. The van der Waals surface area contributed by atoms with Crippen molar-refractivity contribution in [2.75, 3.05) is 5.32 Å². The second-order valence-electron chi connectivity index (χ2n) is 4.39. The van der Waals surface area contributed by atoms with Gasteiger partial charge in [0.1, 0.15) is 17.0 Å². The van der Waals surface area contributed by atoms with Gasteiger partial charge in [-0.15, -0.1) is 11.3 Å². The fourth-order valence-electron chi connectivity index (χ4n) is 2.04. The first-order chi connectivity index (χ1) is 9.65. The summed E-state index contributed by atoms with van der Waals surface area (Å²) in [4.78, 5) is 9.51. The molecular formula is C14H11Cl2N3S. The average molecular weight is 324 g/mol. The van der Waals surface area contributed by atoms with Crippen molar-refractivity contribution >= 4 is 50.6 Å². The Balaban J connectivity index is 1.92. The van der Waals surface area contributed by atoms with Crippen LogP contribution in [0.1, 0.15) is 18.5 Å². The molecule has 2 heterocycles. The van der Waals surface area contributed by atoms with Crippen molar-refractivity contribution in [3.05, 3.63) is 51.6 Å². The van der Waals surface area contributed by atoms with E-state index in [4.69, 9.17) is 23.2 Å². The fourth-order valence-corrected chi connectivity index (χ4v) is 3.35. The van der Waals surface area contributed by atoms with Crippen molar-refractivity contribution in [3.63, 3.8) is 0 Å². The lowest BCUT2D eigenvalue weighted by Gasteiger charge is -2.16. The Morgan fingerprint density at radius 1 is 1.20 bits per heavy atom. The highest BCUT2D eigenvalue weighted by atomic mass is 35.5. The molecule has 3 rings (SSSR count). The van der Waals surface area contributed by atoms with Crippen molar-refractivity contribution in [2.24, 2.45) is 0 Å². The molecule has 0 spiro atoms. The summed E-state index contributed by atoms with van der Waals surface area (Å²) in [5, 5.41) is 7.68. The van der Waals surface area contributed by atoms with Crippen molar-refractivity contribution in [2.45, 2.75) is 13.0 Å². The highest BCUT2D eigenvalue weighted by Gasteiger charge is 2.12. The molecule has 0 aliphatic heterocycles. The number of hydrogen-bond donors (Lipinski definition) is 1. The number of nitrogens with zero attached hydrogens (tertiary/aromatic N) is 2. The average Bonchev–Trinajstić information content (AvgIpc) is 2.87.